The lowest BCUT2D eigenvalue weighted by Crippen LogP contribution is -2.33. The van der Waals surface area contributed by atoms with Crippen LogP contribution in [0.2, 0.25) is 0 Å². The molecule has 0 spiro atoms. The monoisotopic (exact) mass is 287 g/mol. The summed E-state index contributed by atoms with van der Waals surface area (Å²) in [4.78, 5) is 11.1. The van der Waals surface area contributed by atoms with Gasteiger partial charge in [0, 0.05) is 17.2 Å². The maximum atomic E-state index is 11.1. The SMILES string of the molecule is C#Cc1ccc(C#Cc2ccccc2-[n+]2cc(=O)o[nH]2)cc1. The summed E-state index contributed by atoms with van der Waals surface area (Å²) in [6, 6.07) is 14.9. The second-order valence-electron chi connectivity index (χ2n) is 4.50. The van der Waals surface area contributed by atoms with Gasteiger partial charge in [0.15, 0.2) is 0 Å². The van der Waals surface area contributed by atoms with Crippen molar-refractivity contribution in [3.63, 3.8) is 0 Å². The zero-order valence-electron chi connectivity index (χ0n) is 11.5. The molecule has 0 fully saturated rings. The molecule has 0 aliphatic carbocycles. The largest absolute Gasteiger partial charge is 0.427 e. The van der Waals surface area contributed by atoms with Gasteiger partial charge in [-0.1, -0.05) is 29.9 Å². The summed E-state index contributed by atoms with van der Waals surface area (Å²) < 4.78 is 6.17. The highest BCUT2D eigenvalue weighted by Crippen LogP contribution is 2.07. The number of H-pyrrole nitrogens is 1. The number of terminal acetylenes is 1. The van der Waals surface area contributed by atoms with E-state index in [0.29, 0.717) is 0 Å². The Labute approximate surface area is 127 Å². The second kappa shape index (κ2) is 5.87. The lowest BCUT2D eigenvalue weighted by Gasteiger charge is -1.94. The van der Waals surface area contributed by atoms with Crippen LogP contribution in [-0.4, -0.2) is 5.27 Å². The fraction of sp³-hybridized carbons (Fsp3) is 0. The molecule has 2 aromatic carbocycles. The van der Waals surface area contributed by atoms with Gasteiger partial charge in [-0.05, 0) is 40.3 Å². The zero-order valence-corrected chi connectivity index (χ0v) is 11.5. The molecule has 22 heavy (non-hydrogen) atoms. The van der Waals surface area contributed by atoms with Crippen LogP contribution in [0.5, 0.6) is 0 Å². The van der Waals surface area contributed by atoms with Crippen molar-refractivity contribution in [1.29, 1.82) is 0 Å². The molecule has 0 aliphatic heterocycles. The van der Waals surface area contributed by atoms with E-state index in [4.69, 9.17) is 6.42 Å². The van der Waals surface area contributed by atoms with Crippen molar-refractivity contribution < 1.29 is 9.20 Å². The minimum Gasteiger partial charge on any atom is -0.283 e. The molecule has 1 N–H and O–H groups in total. The predicted molar refractivity (Wildman–Crippen MR) is 81.2 cm³/mol. The number of benzene rings is 2. The summed E-state index contributed by atoms with van der Waals surface area (Å²) in [6.07, 6.45) is 6.65. The Morgan fingerprint density at radius 3 is 2.41 bits per heavy atom. The van der Waals surface area contributed by atoms with Crippen LogP contribution in [0.25, 0.3) is 5.69 Å². The van der Waals surface area contributed by atoms with E-state index in [-0.39, 0.29) is 0 Å². The Kier molecular flexibility index (Phi) is 3.59. The van der Waals surface area contributed by atoms with Crippen molar-refractivity contribution in [2.75, 3.05) is 0 Å². The number of aromatic amines is 1. The molecule has 0 atom stereocenters. The molecule has 0 radical (unpaired) electrons. The van der Waals surface area contributed by atoms with Crippen LogP contribution in [0.15, 0.2) is 64.0 Å². The van der Waals surface area contributed by atoms with Crippen LogP contribution in [-0.2, 0) is 0 Å². The van der Waals surface area contributed by atoms with Crippen molar-refractivity contribution in [3.05, 3.63) is 81.8 Å². The fourth-order valence-corrected chi connectivity index (χ4v) is 1.95. The van der Waals surface area contributed by atoms with Gasteiger partial charge in [-0.2, -0.15) is 0 Å². The highest BCUT2D eigenvalue weighted by molar-refractivity contribution is 5.50. The Hall–Kier alpha value is -3.50. The number of hydrogen-bond donors (Lipinski definition) is 1. The first-order valence-electron chi connectivity index (χ1n) is 6.54. The number of rotatable bonds is 1. The van der Waals surface area contributed by atoms with Gasteiger partial charge in [-0.25, -0.2) is 4.79 Å². The maximum absolute atomic E-state index is 11.1. The van der Waals surface area contributed by atoms with Gasteiger partial charge in [0.1, 0.15) is 0 Å². The minimum absolute atomic E-state index is 0.451. The molecule has 4 nitrogen and oxygen atoms in total. The molecule has 104 valence electrons. The Morgan fingerprint density at radius 1 is 1.00 bits per heavy atom. The molecule has 3 aromatic rings. The highest BCUT2D eigenvalue weighted by atomic mass is 16.5. The molecular formula is C18H11N2O2+. The van der Waals surface area contributed by atoms with Gasteiger partial charge < -0.3 is 0 Å². The number of hydrogen-bond acceptors (Lipinski definition) is 2. The van der Waals surface area contributed by atoms with Gasteiger partial charge in [-0.3, -0.25) is 4.52 Å². The summed E-state index contributed by atoms with van der Waals surface area (Å²) in [7, 11) is 0. The molecule has 0 bridgehead atoms. The average molecular weight is 287 g/mol. The third-order valence-electron chi connectivity index (χ3n) is 3.04. The molecular weight excluding hydrogens is 276 g/mol. The summed E-state index contributed by atoms with van der Waals surface area (Å²) in [6.45, 7) is 0. The van der Waals surface area contributed by atoms with Gasteiger partial charge in [0.05, 0.1) is 5.56 Å². The van der Waals surface area contributed by atoms with Crippen molar-refractivity contribution in [2.24, 2.45) is 0 Å². The van der Waals surface area contributed by atoms with Crippen LogP contribution in [0.3, 0.4) is 0 Å². The van der Waals surface area contributed by atoms with E-state index >= 15 is 0 Å². The van der Waals surface area contributed by atoms with Crippen LogP contribution < -0.4 is 10.3 Å². The summed E-state index contributed by atoms with van der Waals surface area (Å²) in [5, 5.41) is 2.51. The van der Waals surface area contributed by atoms with Crippen molar-refractivity contribution in [2.45, 2.75) is 0 Å². The average Bonchev–Trinajstić information content (AvgIpc) is 3.00. The maximum Gasteiger partial charge on any atom is 0.427 e. The highest BCUT2D eigenvalue weighted by Gasteiger charge is 2.14. The van der Waals surface area contributed by atoms with Crippen LogP contribution in [0, 0.1) is 24.2 Å². The van der Waals surface area contributed by atoms with Gasteiger partial charge in [0.2, 0.25) is 0 Å². The summed E-state index contributed by atoms with van der Waals surface area (Å²) in [5.41, 5.74) is 2.73. The minimum atomic E-state index is -0.451. The molecule has 1 heterocycles. The first-order chi connectivity index (χ1) is 10.8. The molecule has 0 amide bonds. The van der Waals surface area contributed by atoms with E-state index in [2.05, 4.69) is 27.6 Å². The normalized spacial score (nSPS) is 9.59. The van der Waals surface area contributed by atoms with E-state index < -0.39 is 5.63 Å². The van der Waals surface area contributed by atoms with E-state index in [1.165, 1.54) is 10.9 Å². The van der Waals surface area contributed by atoms with Gasteiger partial charge in [-0.15, -0.1) is 6.42 Å². The molecule has 3 rings (SSSR count). The topological polar surface area (TPSA) is 49.9 Å². The first kappa shape index (κ1) is 13.5. The van der Waals surface area contributed by atoms with Crippen LogP contribution in [0.4, 0.5) is 0 Å². The van der Waals surface area contributed by atoms with E-state index in [9.17, 15) is 4.79 Å². The van der Waals surface area contributed by atoms with E-state index in [1.807, 2.05) is 48.5 Å². The second-order valence-corrected chi connectivity index (χ2v) is 4.50. The Morgan fingerprint density at radius 2 is 1.73 bits per heavy atom. The third-order valence-corrected chi connectivity index (χ3v) is 3.04. The number of para-hydroxylation sites is 1. The van der Waals surface area contributed by atoms with E-state index in [1.54, 1.807) is 0 Å². The standard InChI is InChI=1S/C18H10N2O2/c1-2-14-7-9-15(10-8-14)11-12-16-5-3-4-6-17(16)20-13-18(21)22-19-20/h1,3-10,13H/p+1. The predicted octanol–water partition coefficient (Wildman–Crippen LogP) is 1.63. The van der Waals surface area contributed by atoms with Crippen molar-refractivity contribution >= 4 is 0 Å². The van der Waals surface area contributed by atoms with Crippen LogP contribution >= 0.6 is 0 Å². The molecule has 0 unspecified atom stereocenters. The van der Waals surface area contributed by atoms with Gasteiger partial charge >= 0.3 is 5.63 Å². The molecule has 0 aliphatic rings. The number of aromatic nitrogens is 2. The quantitative estimate of drug-likeness (QED) is 0.546. The molecule has 0 saturated heterocycles. The Bertz CT molecular complexity index is 961. The van der Waals surface area contributed by atoms with E-state index in [0.717, 1.165) is 22.4 Å². The lowest BCUT2D eigenvalue weighted by molar-refractivity contribution is -0.670. The smallest absolute Gasteiger partial charge is 0.283 e. The zero-order chi connectivity index (χ0) is 15.4. The number of nitrogens with one attached hydrogen (secondary N) is 1. The summed E-state index contributed by atoms with van der Waals surface area (Å²) >= 11 is 0. The molecule has 0 saturated carbocycles. The van der Waals surface area contributed by atoms with Crippen LogP contribution in [0.1, 0.15) is 16.7 Å². The fourth-order valence-electron chi connectivity index (χ4n) is 1.95. The first-order valence-corrected chi connectivity index (χ1v) is 6.54. The molecule has 1 aromatic heterocycles. The lowest BCUT2D eigenvalue weighted by atomic mass is 10.1. The van der Waals surface area contributed by atoms with Gasteiger partial charge in [0.25, 0.3) is 11.9 Å². The number of nitrogens with zero attached hydrogens (tertiary/aromatic N) is 1. The third kappa shape index (κ3) is 2.82. The van der Waals surface area contributed by atoms with Crippen molar-refractivity contribution in [3.8, 4) is 29.9 Å². The summed E-state index contributed by atoms with van der Waals surface area (Å²) in [5.74, 6) is 8.73. The molecule has 4 heteroatoms. The Balaban J connectivity index is 1.98. The van der Waals surface area contributed by atoms with Crippen molar-refractivity contribution in [1.82, 2.24) is 5.27 Å².